The summed E-state index contributed by atoms with van der Waals surface area (Å²) in [7, 11) is 0. The maximum atomic E-state index is 12.6. The summed E-state index contributed by atoms with van der Waals surface area (Å²) in [5, 5.41) is 44.2. The van der Waals surface area contributed by atoms with E-state index in [-0.39, 0.29) is 0 Å². The molecule has 428 valence electrons. The lowest BCUT2D eigenvalue weighted by molar-refractivity contribution is -0.132. The van der Waals surface area contributed by atoms with Crippen LogP contribution in [0.15, 0.2) is 24.3 Å². The Balaban J connectivity index is 3.56. The van der Waals surface area contributed by atoms with Crippen molar-refractivity contribution in [2.75, 3.05) is 6.61 Å². The Labute approximate surface area is 450 Å². The summed E-state index contributed by atoms with van der Waals surface area (Å²) < 4.78 is 0. The Morgan fingerprint density at radius 2 is 0.597 bits per heavy atom. The zero-order chi connectivity index (χ0) is 52.3. The van der Waals surface area contributed by atoms with E-state index in [4.69, 9.17) is 0 Å². The van der Waals surface area contributed by atoms with Crippen molar-refractivity contribution in [3.8, 4) is 0 Å². The van der Waals surface area contributed by atoms with Gasteiger partial charge in [0, 0.05) is 0 Å². The van der Waals surface area contributed by atoms with Gasteiger partial charge in [0.15, 0.2) is 0 Å². The molecule has 72 heavy (non-hydrogen) atoms. The number of carbonyl (C=O) groups excluding carboxylic acids is 1. The van der Waals surface area contributed by atoms with Gasteiger partial charge in [0.1, 0.15) is 12.2 Å². The number of carbonyl (C=O) groups is 1. The maximum absolute atomic E-state index is 12.6. The number of aliphatic hydroxyl groups excluding tert-OH is 4. The highest BCUT2D eigenvalue weighted by Gasteiger charge is 2.28. The lowest BCUT2D eigenvalue weighted by Gasteiger charge is -2.27. The van der Waals surface area contributed by atoms with E-state index in [0.29, 0.717) is 12.8 Å². The van der Waals surface area contributed by atoms with Crippen LogP contribution in [-0.4, -0.2) is 57.3 Å². The third-order valence-electron chi connectivity index (χ3n) is 15.7. The molecule has 0 aromatic heterocycles. The fraction of sp³-hybridized carbons (Fsp3) is 0.924. The molecule has 0 aromatic rings. The SMILES string of the molecule is CCCCCCCCCCC/C=C\C/C=C\CCCCCCCCCCCCCCCCCCC(O)C(=O)NC(CO)C(O)C(O)CCCCCCCCCCCCCCCCCCCCCCCCCC. The summed E-state index contributed by atoms with van der Waals surface area (Å²) in [6.45, 7) is 4.10. The summed E-state index contributed by atoms with van der Waals surface area (Å²) in [6.07, 6.45) is 75.6. The average Bonchev–Trinajstić information content (AvgIpc) is 3.39. The van der Waals surface area contributed by atoms with Crippen LogP contribution in [0, 0.1) is 0 Å². The standard InChI is InChI=1S/C66H129NO5/c1-3-5-7-9-11-13-15-17-19-21-23-25-27-29-30-31-32-33-34-35-36-38-40-42-44-46-48-50-52-54-56-58-60-64(70)66(72)67-62(61-68)65(71)63(69)59-57-55-53-51-49-47-45-43-41-39-37-28-26-24-22-20-18-16-14-12-10-8-6-4-2/h23,25,29-30,62-65,68-71H,3-22,24,26-28,31-61H2,1-2H3,(H,67,72)/b25-23-,30-29-. The minimum atomic E-state index is -1.26. The molecule has 0 heterocycles. The lowest BCUT2D eigenvalue weighted by atomic mass is 9.99. The monoisotopic (exact) mass is 1020 g/mol. The highest BCUT2D eigenvalue weighted by Crippen LogP contribution is 2.19. The predicted molar refractivity (Wildman–Crippen MR) is 316 cm³/mol. The van der Waals surface area contributed by atoms with Crippen LogP contribution in [0.1, 0.15) is 361 Å². The zero-order valence-electron chi connectivity index (χ0n) is 48.7. The van der Waals surface area contributed by atoms with E-state index in [1.54, 1.807) is 0 Å². The molecule has 6 heteroatoms. The first-order valence-corrected chi connectivity index (χ1v) is 32.7. The number of rotatable bonds is 61. The van der Waals surface area contributed by atoms with Crippen LogP contribution in [0.5, 0.6) is 0 Å². The molecule has 0 aliphatic carbocycles. The Morgan fingerprint density at radius 3 is 0.875 bits per heavy atom. The second-order valence-corrected chi connectivity index (χ2v) is 22.8. The third kappa shape index (κ3) is 53.6. The quantitative estimate of drug-likeness (QED) is 0.0308. The number of amides is 1. The Bertz CT molecular complexity index is 1100. The number of allylic oxidation sites excluding steroid dienone is 4. The van der Waals surface area contributed by atoms with E-state index in [1.807, 2.05) is 0 Å². The third-order valence-corrected chi connectivity index (χ3v) is 15.7. The molecule has 0 saturated carbocycles. The fourth-order valence-electron chi connectivity index (χ4n) is 10.6. The first kappa shape index (κ1) is 70.8. The number of nitrogens with one attached hydrogen (secondary N) is 1. The van der Waals surface area contributed by atoms with Crippen molar-refractivity contribution >= 4 is 5.91 Å². The van der Waals surface area contributed by atoms with Crippen molar-refractivity contribution < 1.29 is 25.2 Å². The van der Waals surface area contributed by atoms with Gasteiger partial charge in [0.2, 0.25) is 5.91 Å². The van der Waals surface area contributed by atoms with Gasteiger partial charge in [-0.25, -0.2) is 0 Å². The van der Waals surface area contributed by atoms with E-state index in [1.165, 1.54) is 289 Å². The van der Waals surface area contributed by atoms with Crippen LogP contribution in [0.25, 0.3) is 0 Å². The van der Waals surface area contributed by atoms with Crippen LogP contribution in [0.4, 0.5) is 0 Å². The van der Waals surface area contributed by atoms with Crippen molar-refractivity contribution in [3.05, 3.63) is 24.3 Å². The molecule has 0 spiro atoms. The molecule has 0 aliphatic rings. The van der Waals surface area contributed by atoms with Gasteiger partial charge in [-0.15, -0.1) is 0 Å². The van der Waals surface area contributed by atoms with Crippen LogP contribution in [0.3, 0.4) is 0 Å². The molecule has 0 bridgehead atoms. The molecule has 4 atom stereocenters. The van der Waals surface area contributed by atoms with Gasteiger partial charge in [0.05, 0.1) is 18.8 Å². The van der Waals surface area contributed by atoms with Crippen LogP contribution in [0.2, 0.25) is 0 Å². The lowest BCUT2D eigenvalue weighted by Crippen LogP contribution is -2.53. The summed E-state index contributed by atoms with van der Waals surface area (Å²) in [4.78, 5) is 12.6. The number of aliphatic hydroxyl groups is 4. The summed E-state index contributed by atoms with van der Waals surface area (Å²) in [5.41, 5.74) is 0. The second kappa shape index (κ2) is 60.7. The van der Waals surface area contributed by atoms with E-state index in [2.05, 4.69) is 43.5 Å². The maximum Gasteiger partial charge on any atom is 0.249 e. The predicted octanol–water partition coefficient (Wildman–Crippen LogP) is 19.8. The molecule has 0 aromatic carbocycles. The first-order chi connectivity index (χ1) is 35.5. The summed E-state index contributed by atoms with van der Waals surface area (Å²) >= 11 is 0. The van der Waals surface area contributed by atoms with Crippen molar-refractivity contribution in [1.82, 2.24) is 5.32 Å². The molecule has 0 aliphatic heterocycles. The molecule has 4 unspecified atom stereocenters. The molecule has 5 N–H and O–H groups in total. The molecule has 0 saturated heterocycles. The van der Waals surface area contributed by atoms with E-state index >= 15 is 0 Å². The highest BCUT2D eigenvalue weighted by atomic mass is 16.3. The minimum Gasteiger partial charge on any atom is -0.394 e. The highest BCUT2D eigenvalue weighted by molar-refractivity contribution is 5.80. The molecule has 0 fully saturated rings. The van der Waals surface area contributed by atoms with Gasteiger partial charge in [-0.05, 0) is 44.9 Å². The Morgan fingerprint density at radius 1 is 0.347 bits per heavy atom. The summed E-state index contributed by atoms with van der Waals surface area (Å²) in [5.74, 6) is -0.577. The first-order valence-electron chi connectivity index (χ1n) is 32.7. The van der Waals surface area contributed by atoms with Gasteiger partial charge in [-0.3, -0.25) is 4.79 Å². The van der Waals surface area contributed by atoms with E-state index in [0.717, 1.165) is 44.9 Å². The minimum absolute atomic E-state index is 0.372. The van der Waals surface area contributed by atoms with Crippen molar-refractivity contribution in [2.45, 2.75) is 385 Å². The smallest absolute Gasteiger partial charge is 0.249 e. The van der Waals surface area contributed by atoms with Crippen molar-refractivity contribution in [2.24, 2.45) is 0 Å². The molecular formula is C66H129NO5. The van der Waals surface area contributed by atoms with E-state index in [9.17, 15) is 25.2 Å². The van der Waals surface area contributed by atoms with Gasteiger partial charge >= 0.3 is 0 Å². The average molecular weight is 1020 g/mol. The topological polar surface area (TPSA) is 110 Å². The molecular weight excluding hydrogens is 887 g/mol. The zero-order valence-corrected chi connectivity index (χ0v) is 48.7. The van der Waals surface area contributed by atoms with Gasteiger partial charge < -0.3 is 25.7 Å². The second-order valence-electron chi connectivity index (χ2n) is 22.8. The normalized spacial score (nSPS) is 13.7. The number of hydrogen-bond donors (Lipinski definition) is 5. The Kier molecular flexibility index (Phi) is 59.6. The van der Waals surface area contributed by atoms with Crippen molar-refractivity contribution in [3.63, 3.8) is 0 Å². The number of hydrogen-bond acceptors (Lipinski definition) is 5. The largest absolute Gasteiger partial charge is 0.394 e. The Hall–Kier alpha value is -1.21. The van der Waals surface area contributed by atoms with Crippen molar-refractivity contribution in [1.29, 1.82) is 0 Å². The molecule has 0 rings (SSSR count). The van der Waals surface area contributed by atoms with E-state index < -0.39 is 36.9 Å². The molecule has 1 amide bonds. The fourth-order valence-corrected chi connectivity index (χ4v) is 10.6. The summed E-state index contributed by atoms with van der Waals surface area (Å²) in [6, 6.07) is -0.985. The van der Waals surface area contributed by atoms with Gasteiger partial charge in [0.25, 0.3) is 0 Å². The van der Waals surface area contributed by atoms with Crippen LogP contribution in [-0.2, 0) is 4.79 Å². The van der Waals surface area contributed by atoms with Crippen LogP contribution < -0.4 is 5.32 Å². The molecule has 6 nitrogen and oxygen atoms in total. The molecule has 0 radical (unpaired) electrons. The van der Waals surface area contributed by atoms with Gasteiger partial charge in [-0.2, -0.15) is 0 Å². The number of unbranched alkanes of at least 4 members (excludes halogenated alkanes) is 48. The van der Waals surface area contributed by atoms with Gasteiger partial charge in [-0.1, -0.05) is 340 Å². The van der Waals surface area contributed by atoms with Crippen LogP contribution >= 0.6 is 0 Å².